The van der Waals surface area contributed by atoms with Gasteiger partial charge < -0.3 is 5.32 Å². The van der Waals surface area contributed by atoms with Crippen LogP contribution in [0.4, 0.5) is 5.69 Å². The van der Waals surface area contributed by atoms with Crippen molar-refractivity contribution in [2.45, 2.75) is 18.7 Å². The summed E-state index contributed by atoms with van der Waals surface area (Å²) < 4.78 is 0.880. The number of nitriles is 1. The van der Waals surface area contributed by atoms with Gasteiger partial charge in [0.05, 0.1) is 5.25 Å². The summed E-state index contributed by atoms with van der Waals surface area (Å²) in [5.41, 5.74) is 1.50. The zero-order valence-corrected chi connectivity index (χ0v) is 16.9. The second kappa shape index (κ2) is 8.42. The van der Waals surface area contributed by atoms with Gasteiger partial charge in [0.2, 0.25) is 5.91 Å². The summed E-state index contributed by atoms with van der Waals surface area (Å²) in [6.45, 7) is 2.08. The topological polar surface area (TPSA) is 73.2 Å². The number of carbonyl (C=O) groups is 2. The molecule has 2 aromatic rings. The van der Waals surface area contributed by atoms with Crippen LogP contribution < -0.4 is 10.2 Å². The molecule has 1 heterocycles. The molecule has 0 spiro atoms. The molecule has 2 amide bonds. The Morgan fingerprint density at radius 2 is 1.89 bits per heavy atom. The molecule has 1 saturated heterocycles. The summed E-state index contributed by atoms with van der Waals surface area (Å²) in [5.74, 6) is -0.645. The highest BCUT2D eigenvalue weighted by Crippen LogP contribution is 2.40. The Morgan fingerprint density at radius 3 is 2.52 bits per heavy atom. The summed E-state index contributed by atoms with van der Waals surface area (Å²) >= 11 is 4.59. The SMILES string of the molecule is C[C@@H]1S/C(=C(\C#N)C(=O)NCc2ccccc2)N(c2ccc(Br)cc2)C1=O. The predicted molar refractivity (Wildman–Crippen MR) is 110 cm³/mol. The standard InChI is InChI=1S/C20H16BrN3O2S/c1-13-19(26)24(16-9-7-15(21)8-10-16)20(27-13)17(11-22)18(25)23-12-14-5-3-2-4-6-14/h2-10,13H,12H2,1H3,(H,23,25)/b20-17+/t13-/m0/s1. The molecule has 0 bridgehead atoms. The van der Waals surface area contributed by atoms with Crippen LogP contribution in [-0.4, -0.2) is 17.1 Å². The van der Waals surface area contributed by atoms with Crippen molar-refractivity contribution < 1.29 is 9.59 Å². The first-order valence-electron chi connectivity index (χ1n) is 8.24. The van der Waals surface area contributed by atoms with Gasteiger partial charge in [0.15, 0.2) is 0 Å². The fraction of sp³-hybridized carbons (Fsp3) is 0.150. The number of thioether (sulfide) groups is 1. The van der Waals surface area contributed by atoms with E-state index in [1.165, 1.54) is 16.7 Å². The van der Waals surface area contributed by atoms with Crippen LogP contribution in [0.1, 0.15) is 12.5 Å². The van der Waals surface area contributed by atoms with E-state index in [2.05, 4.69) is 21.2 Å². The van der Waals surface area contributed by atoms with Crippen LogP contribution in [0.2, 0.25) is 0 Å². The van der Waals surface area contributed by atoms with Crippen LogP contribution in [0.15, 0.2) is 69.7 Å². The lowest BCUT2D eigenvalue weighted by atomic mass is 10.2. The molecule has 1 fully saturated rings. The molecule has 5 nitrogen and oxygen atoms in total. The van der Waals surface area contributed by atoms with Crippen LogP contribution in [-0.2, 0) is 16.1 Å². The second-order valence-electron chi connectivity index (χ2n) is 5.87. The molecule has 0 unspecified atom stereocenters. The quantitative estimate of drug-likeness (QED) is 0.575. The first-order chi connectivity index (χ1) is 13.0. The molecule has 0 aliphatic carbocycles. The number of amides is 2. The monoisotopic (exact) mass is 441 g/mol. The highest BCUT2D eigenvalue weighted by molar-refractivity contribution is 9.10. The lowest BCUT2D eigenvalue weighted by molar-refractivity contribution is -0.117. The van der Waals surface area contributed by atoms with Crippen molar-refractivity contribution in [2.75, 3.05) is 4.90 Å². The average Bonchev–Trinajstić information content (AvgIpc) is 2.97. The van der Waals surface area contributed by atoms with Gasteiger partial charge in [0.25, 0.3) is 5.91 Å². The summed E-state index contributed by atoms with van der Waals surface area (Å²) in [6, 6.07) is 18.6. The third-order valence-corrected chi connectivity index (χ3v) is 5.69. The van der Waals surface area contributed by atoms with Crippen LogP contribution in [0.3, 0.4) is 0 Å². The van der Waals surface area contributed by atoms with Crippen molar-refractivity contribution in [3.63, 3.8) is 0 Å². The third kappa shape index (κ3) is 4.24. The lowest BCUT2D eigenvalue weighted by Crippen LogP contribution is -2.30. The summed E-state index contributed by atoms with van der Waals surface area (Å²) in [5, 5.41) is 12.4. The van der Waals surface area contributed by atoms with E-state index in [-0.39, 0.29) is 16.7 Å². The Balaban J connectivity index is 1.91. The van der Waals surface area contributed by atoms with Gasteiger partial charge in [-0.2, -0.15) is 5.26 Å². The van der Waals surface area contributed by atoms with Crippen LogP contribution in [0.25, 0.3) is 0 Å². The second-order valence-corrected chi connectivity index (χ2v) is 8.12. The van der Waals surface area contributed by atoms with Crippen molar-refractivity contribution in [2.24, 2.45) is 0 Å². The highest BCUT2D eigenvalue weighted by Gasteiger charge is 2.38. The molecule has 1 N–H and O–H groups in total. The van der Waals surface area contributed by atoms with Crippen LogP contribution in [0, 0.1) is 11.3 Å². The van der Waals surface area contributed by atoms with Crippen molar-refractivity contribution in [1.29, 1.82) is 5.26 Å². The Labute approximate surface area is 170 Å². The number of anilines is 1. The number of nitrogens with one attached hydrogen (secondary N) is 1. The summed E-state index contributed by atoms with van der Waals surface area (Å²) in [7, 11) is 0. The normalized spacial score (nSPS) is 18.2. The van der Waals surface area contributed by atoms with E-state index >= 15 is 0 Å². The van der Waals surface area contributed by atoms with Gasteiger partial charge in [-0.05, 0) is 36.8 Å². The molecule has 3 rings (SSSR count). The zero-order chi connectivity index (χ0) is 19.4. The zero-order valence-electron chi connectivity index (χ0n) is 14.5. The van der Waals surface area contributed by atoms with Crippen molar-refractivity contribution >= 4 is 45.2 Å². The molecule has 27 heavy (non-hydrogen) atoms. The van der Waals surface area contributed by atoms with E-state index in [0.29, 0.717) is 17.3 Å². The van der Waals surface area contributed by atoms with Crippen molar-refractivity contribution in [1.82, 2.24) is 5.32 Å². The van der Waals surface area contributed by atoms with E-state index in [0.717, 1.165) is 10.0 Å². The molecule has 7 heteroatoms. The fourth-order valence-electron chi connectivity index (χ4n) is 2.62. The molecule has 0 aromatic heterocycles. The maximum atomic E-state index is 12.6. The number of hydrogen-bond acceptors (Lipinski definition) is 4. The molecule has 1 atom stereocenters. The largest absolute Gasteiger partial charge is 0.347 e. The van der Waals surface area contributed by atoms with E-state index in [1.54, 1.807) is 19.1 Å². The van der Waals surface area contributed by atoms with E-state index in [9.17, 15) is 14.9 Å². The van der Waals surface area contributed by atoms with Gasteiger partial charge in [-0.15, -0.1) is 0 Å². The molecule has 1 aliphatic rings. The van der Waals surface area contributed by atoms with E-state index < -0.39 is 5.91 Å². The number of hydrogen-bond donors (Lipinski definition) is 1. The number of benzene rings is 2. The van der Waals surface area contributed by atoms with Crippen molar-refractivity contribution in [3.8, 4) is 6.07 Å². The van der Waals surface area contributed by atoms with Gasteiger partial charge in [-0.1, -0.05) is 58.0 Å². The predicted octanol–water partition coefficient (Wildman–Crippen LogP) is 3.97. The summed E-state index contributed by atoms with van der Waals surface area (Å²) in [6.07, 6.45) is 0. The Morgan fingerprint density at radius 1 is 1.22 bits per heavy atom. The Bertz CT molecular complexity index is 936. The number of rotatable bonds is 4. The molecule has 136 valence electrons. The third-order valence-electron chi connectivity index (χ3n) is 3.99. The number of carbonyl (C=O) groups excluding carboxylic acids is 2. The average molecular weight is 442 g/mol. The minimum absolute atomic E-state index is 0.0588. The van der Waals surface area contributed by atoms with E-state index in [1.807, 2.05) is 48.5 Å². The first-order valence-corrected chi connectivity index (χ1v) is 9.91. The minimum atomic E-state index is -0.493. The molecular formula is C20H16BrN3O2S. The highest BCUT2D eigenvalue weighted by atomic mass is 79.9. The van der Waals surface area contributed by atoms with Crippen LogP contribution in [0.5, 0.6) is 0 Å². The maximum absolute atomic E-state index is 12.6. The smallest absolute Gasteiger partial charge is 0.264 e. The van der Waals surface area contributed by atoms with Gasteiger partial charge in [0, 0.05) is 16.7 Å². The van der Waals surface area contributed by atoms with Crippen LogP contribution >= 0.6 is 27.7 Å². The Kier molecular flexibility index (Phi) is 5.99. The summed E-state index contributed by atoms with van der Waals surface area (Å²) in [4.78, 5) is 26.7. The molecule has 2 aromatic carbocycles. The number of nitrogens with zero attached hydrogens (tertiary/aromatic N) is 2. The molecule has 0 radical (unpaired) electrons. The maximum Gasteiger partial charge on any atom is 0.264 e. The lowest BCUT2D eigenvalue weighted by Gasteiger charge is -2.18. The van der Waals surface area contributed by atoms with Gasteiger partial charge in [-0.3, -0.25) is 14.5 Å². The van der Waals surface area contributed by atoms with Gasteiger partial charge in [0.1, 0.15) is 16.7 Å². The Hall–Kier alpha value is -2.56. The molecule has 1 aliphatic heterocycles. The van der Waals surface area contributed by atoms with Gasteiger partial charge in [-0.25, -0.2) is 0 Å². The van der Waals surface area contributed by atoms with E-state index in [4.69, 9.17) is 0 Å². The molecular weight excluding hydrogens is 426 g/mol. The fourth-order valence-corrected chi connectivity index (χ4v) is 3.98. The molecule has 0 saturated carbocycles. The minimum Gasteiger partial charge on any atom is -0.347 e. The van der Waals surface area contributed by atoms with Gasteiger partial charge >= 0.3 is 0 Å². The first kappa shape index (κ1) is 19.2. The number of halogens is 1. The van der Waals surface area contributed by atoms with Crippen molar-refractivity contribution in [3.05, 3.63) is 75.2 Å².